The van der Waals surface area contributed by atoms with Gasteiger partial charge in [0.15, 0.2) is 0 Å². The number of hydrogen-bond donors (Lipinski definition) is 0. The first kappa shape index (κ1) is 4.95. The van der Waals surface area contributed by atoms with Crippen LogP contribution in [0.2, 0.25) is 0 Å². The Labute approximate surface area is 60.9 Å². The molecule has 3 aliphatic rings. The molecule has 0 aromatic heterocycles. The molecule has 50 valence electrons. The van der Waals surface area contributed by atoms with Crippen molar-refractivity contribution < 1.29 is 0 Å². The highest BCUT2D eigenvalue weighted by Gasteiger charge is 2.27. The SMILES string of the molecule is C1=C2C=C3CCCC3C=C12. The normalized spacial score (nSPS) is 33.6. The average molecular weight is 130 g/mol. The molecule has 0 N–H and O–H groups in total. The molecule has 0 aromatic carbocycles. The zero-order valence-corrected chi connectivity index (χ0v) is 5.93. The van der Waals surface area contributed by atoms with E-state index in [4.69, 9.17) is 0 Å². The van der Waals surface area contributed by atoms with Crippen molar-refractivity contribution >= 4 is 0 Å². The summed E-state index contributed by atoms with van der Waals surface area (Å²) in [7, 11) is 0. The van der Waals surface area contributed by atoms with Crippen LogP contribution in [0.5, 0.6) is 0 Å². The lowest BCUT2D eigenvalue weighted by atomic mass is 9.97. The molecule has 0 bridgehead atoms. The van der Waals surface area contributed by atoms with Crippen LogP contribution in [0.15, 0.2) is 34.9 Å². The van der Waals surface area contributed by atoms with Crippen LogP contribution < -0.4 is 0 Å². The molecule has 0 aromatic rings. The third-order valence-electron chi connectivity index (χ3n) is 2.74. The molecule has 1 saturated carbocycles. The summed E-state index contributed by atoms with van der Waals surface area (Å²) >= 11 is 0. The van der Waals surface area contributed by atoms with Crippen LogP contribution in [0.3, 0.4) is 0 Å². The Bertz CT molecular complexity index is 276. The summed E-state index contributed by atoms with van der Waals surface area (Å²) in [4.78, 5) is 0. The van der Waals surface area contributed by atoms with Gasteiger partial charge in [0.05, 0.1) is 0 Å². The standard InChI is InChI=1S/C10H10/c1-2-7-4-9-6-10(9)5-8(7)3-1/h4-7H,1-3H2. The van der Waals surface area contributed by atoms with E-state index in [2.05, 4.69) is 18.2 Å². The Balaban J connectivity index is 2.07. The third kappa shape index (κ3) is 0.518. The maximum atomic E-state index is 2.44. The zero-order chi connectivity index (χ0) is 6.55. The van der Waals surface area contributed by atoms with Gasteiger partial charge in [0.25, 0.3) is 0 Å². The Morgan fingerprint density at radius 3 is 3.20 bits per heavy atom. The highest BCUT2D eigenvalue weighted by atomic mass is 14.3. The second-order valence-electron chi connectivity index (χ2n) is 3.44. The molecule has 0 heteroatoms. The summed E-state index contributed by atoms with van der Waals surface area (Å²) in [5, 5.41) is 0. The Morgan fingerprint density at radius 2 is 2.20 bits per heavy atom. The third-order valence-corrected chi connectivity index (χ3v) is 2.74. The minimum atomic E-state index is 0.831. The van der Waals surface area contributed by atoms with E-state index in [-0.39, 0.29) is 0 Å². The summed E-state index contributed by atoms with van der Waals surface area (Å²) in [6.45, 7) is 0. The summed E-state index contributed by atoms with van der Waals surface area (Å²) in [5.41, 5.74) is 4.72. The molecule has 0 aliphatic heterocycles. The molecule has 0 radical (unpaired) electrons. The summed E-state index contributed by atoms with van der Waals surface area (Å²) in [6.07, 6.45) is 11.3. The van der Waals surface area contributed by atoms with Crippen molar-refractivity contribution in [1.29, 1.82) is 0 Å². The molecule has 3 aliphatic carbocycles. The van der Waals surface area contributed by atoms with Crippen molar-refractivity contribution in [3.63, 3.8) is 0 Å². The summed E-state index contributed by atoms with van der Waals surface area (Å²) in [6, 6.07) is 0. The molecule has 0 nitrogen and oxygen atoms in total. The number of allylic oxidation sites excluding steroid dienone is 6. The molecule has 3 rings (SSSR count). The lowest BCUT2D eigenvalue weighted by molar-refractivity contribution is 0.761. The van der Waals surface area contributed by atoms with E-state index < -0.39 is 0 Å². The maximum Gasteiger partial charge on any atom is -0.00106 e. The second-order valence-corrected chi connectivity index (χ2v) is 3.44. The van der Waals surface area contributed by atoms with Gasteiger partial charge in [-0.3, -0.25) is 0 Å². The van der Waals surface area contributed by atoms with E-state index in [0.29, 0.717) is 0 Å². The first-order chi connectivity index (χ1) is 4.93. The molecule has 10 heavy (non-hydrogen) atoms. The fourth-order valence-corrected chi connectivity index (χ4v) is 2.08. The molecular formula is C10H10. The van der Waals surface area contributed by atoms with Gasteiger partial charge in [-0.15, -0.1) is 0 Å². The van der Waals surface area contributed by atoms with Crippen LogP contribution in [-0.2, 0) is 0 Å². The molecule has 1 fully saturated rings. The minimum Gasteiger partial charge on any atom is -0.0694 e. The number of fused-ring (bicyclic) bond motifs is 2. The van der Waals surface area contributed by atoms with Crippen LogP contribution in [-0.4, -0.2) is 0 Å². The van der Waals surface area contributed by atoms with Gasteiger partial charge in [-0.05, 0) is 42.4 Å². The van der Waals surface area contributed by atoms with Crippen molar-refractivity contribution in [2.24, 2.45) is 5.92 Å². The van der Waals surface area contributed by atoms with Crippen molar-refractivity contribution in [2.45, 2.75) is 19.3 Å². The predicted molar refractivity (Wildman–Crippen MR) is 41.6 cm³/mol. The largest absolute Gasteiger partial charge is 0.0694 e. The van der Waals surface area contributed by atoms with E-state index >= 15 is 0 Å². The van der Waals surface area contributed by atoms with E-state index in [9.17, 15) is 0 Å². The van der Waals surface area contributed by atoms with Crippen LogP contribution in [0.4, 0.5) is 0 Å². The first-order valence-corrected chi connectivity index (χ1v) is 4.08. The van der Waals surface area contributed by atoms with Gasteiger partial charge < -0.3 is 0 Å². The first-order valence-electron chi connectivity index (χ1n) is 4.08. The fraction of sp³-hybridized carbons (Fsp3) is 0.400. The predicted octanol–water partition coefficient (Wildman–Crippen LogP) is 2.59. The average Bonchev–Trinajstić information content (AvgIpc) is 2.52. The van der Waals surface area contributed by atoms with Gasteiger partial charge in [-0.25, -0.2) is 0 Å². The lowest BCUT2D eigenvalue weighted by Crippen LogP contribution is -1.94. The summed E-state index contributed by atoms with van der Waals surface area (Å²) in [5.74, 6) is 0.831. The summed E-state index contributed by atoms with van der Waals surface area (Å²) < 4.78 is 0. The Kier molecular flexibility index (Phi) is 0.715. The molecule has 0 spiro atoms. The number of hydrogen-bond acceptors (Lipinski definition) is 0. The highest BCUT2D eigenvalue weighted by Crippen LogP contribution is 2.44. The minimum absolute atomic E-state index is 0.831. The van der Waals surface area contributed by atoms with Gasteiger partial charge in [0.2, 0.25) is 0 Å². The zero-order valence-electron chi connectivity index (χ0n) is 5.93. The van der Waals surface area contributed by atoms with Crippen LogP contribution in [0.25, 0.3) is 0 Å². The topological polar surface area (TPSA) is 0 Å². The smallest absolute Gasteiger partial charge is 0.00106 e. The van der Waals surface area contributed by atoms with Crippen LogP contribution in [0.1, 0.15) is 19.3 Å². The molecular weight excluding hydrogens is 120 g/mol. The number of rotatable bonds is 0. The molecule has 1 atom stereocenters. The van der Waals surface area contributed by atoms with Crippen molar-refractivity contribution in [3.8, 4) is 0 Å². The van der Waals surface area contributed by atoms with Crippen LogP contribution in [0, 0.1) is 5.92 Å². The van der Waals surface area contributed by atoms with Gasteiger partial charge >= 0.3 is 0 Å². The quantitative estimate of drug-likeness (QED) is 0.473. The van der Waals surface area contributed by atoms with Gasteiger partial charge in [-0.1, -0.05) is 17.7 Å². The van der Waals surface area contributed by atoms with E-state index in [0.717, 1.165) is 5.92 Å². The molecule has 1 unspecified atom stereocenters. The molecule has 0 amide bonds. The Morgan fingerprint density at radius 1 is 1.20 bits per heavy atom. The van der Waals surface area contributed by atoms with Gasteiger partial charge in [0, 0.05) is 0 Å². The van der Waals surface area contributed by atoms with Crippen molar-refractivity contribution in [1.82, 2.24) is 0 Å². The monoisotopic (exact) mass is 130 g/mol. The highest BCUT2D eigenvalue weighted by molar-refractivity contribution is 5.67. The lowest BCUT2D eigenvalue weighted by Gasteiger charge is -2.08. The molecule has 0 heterocycles. The van der Waals surface area contributed by atoms with E-state index in [1.807, 2.05) is 0 Å². The van der Waals surface area contributed by atoms with E-state index in [1.165, 1.54) is 30.4 Å². The Hall–Kier alpha value is -0.780. The molecule has 0 saturated heterocycles. The van der Waals surface area contributed by atoms with Crippen LogP contribution >= 0.6 is 0 Å². The van der Waals surface area contributed by atoms with Gasteiger partial charge in [-0.2, -0.15) is 0 Å². The van der Waals surface area contributed by atoms with Crippen molar-refractivity contribution in [3.05, 3.63) is 34.9 Å². The maximum absolute atomic E-state index is 2.44. The fourth-order valence-electron chi connectivity index (χ4n) is 2.08. The van der Waals surface area contributed by atoms with Crippen molar-refractivity contribution in [2.75, 3.05) is 0 Å². The van der Waals surface area contributed by atoms with E-state index in [1.54, 1.807) is 5.57 Å². The van der Waals surface area contributed by atoms with Gasteiger partial charge in [0.1, 0.15) is 0 Å². The second kappa shape index (κ2) is 1.45.